The van der Waals surface area contributed by atoms with Crippen molar-refractivity contribution >= 4 is 21.4 Å². The van der Waals surface area contributed by atoms with Crippen LogP contribution in [0.2, 0.25) is 0 Å². The SMILES string of the molecule is Nc1ccc(F)c(C(=O)NCC2CCCS2(=O)=O)c1. The van der Waals surface area contributed by atoms with Crippen molar-refractivity contribution in [1.82, 2.24) is 5.32 Å². The molecule has 1 saturated heterocycles. The lowest BCUT2D eigenvalue weighted by Gasteiger charge is -2.11. The molecule has 0 radical (unpaired) electrons. The Bertz CT molecular complexity index is 601. The van der Waals surface area contributed by atoms with E-state index in [0.29, 0.717) is 12.8 Å². The molecule has 1 aliphatic rings. The number of hydrogen-bond acceptors (Lipinski definition) is 4. The van der Waals surface area contributed by atoms with Crippen LogP contribution in [0.25, 0.3) is 0 Å². The Kier molecular flexibility index (Phi) is 3.75. The molecular weight excluding hydrogens is 271 g/mol. The third-order valence-corrected chi connectivity index (χ3v) is 5.46. The van der Waals surface area contributed by atoms with E-state index in [0.717, 1.165) is 6.07 Å². The van der Waals surface area contributed by atoms with Gasteiger partial charge >= 0.3 is 0 Å². The fraction of sp³-hybridized carbons (Fsp3) is 0.417. The van der Waals surface area contributed by atoms with Crippen molar-refractivity contribution in [3.63, 3.8) is 0 Å². The molecule has 1 atom stereocenters. The van der Waals surface area contributed by atoms with Crippen LogP contribution in [0, 0.1) is 5.82 Å². The summed E-state index contributed by atoms with van der Waals surface area (Å²) >= 11 is 0. The fourth-order valence-electron chi connectivity index (χ4n) is 2.11. The number of carbonyl (C=O) groups excluding carboxylic acids is 1. The summed E-state index contributed by atoms with van der Waals surface area (Å²) in [6.45, 7) is 0.00933. The summed E-state index contributed by atoms with van der Waals surface area (Å²) in [4.78, 5) is 11.8. The molecule has 104 valence electrons. The Morgan fingerprint density at radius 1 is 1.47 bits per heavy atom. The Labute approximate surface area is 110 Å². The number of sulfone groups is 1. The van der Waals surface area contributed by atoms with Crippen molar-refractivity contribution in [1.29, 1.82) is 0 Å². The highest BCUT2D eigenvalue weighted by molar-refractivity contribution is 7.92. The molecule has 1 heterocycles. The van der Waals surface area contributed by atoms with Gasteiger partial charge < -0.3 is 11.1 Å². The lowest BCUT2D eigenvalue weighted by molar-refractivity contribution is 0.0949. The van der Waals surface area contributed by atoms with E-state index in [1.807, 2.05) is 0 Å². The van der Waals surface area contributed by atoms with Gasteiger partial charge in [0.15, 0.2) is 9.84 Å². The molecule has 3 N–H and O–H groups in total. The molecule has 0 bridgehead atoms. The molecule has 1 unspecified atom stereocenters. The van der Waals surface area contributed by atoms with E-state index < -0.39 is 26.8 Å². The quantitative estimate of drug-likeness (QED) is 0.801. The highest BCUT2D eigenvalue weighted by Crippen LogP contribution is 2.19. The first kappa shape index (κ1) is 13.8. The Morgan fingerprint density at radius 2 is 2.21 bits per heavy atom. The second-order valence-corrected chi connectivity index (χ2v) is 6.98. The summed E-state index contributed by atoms with van der Waals surface area (Å²) in [5.74, 6) is -1.17. The van der Waals surface area contributed by atoms with E-state index in [4.69, 9.17) is 5.73 Å². The Morgan fingerprint density at radius 3 is 2.84 bits per heavy atom. The lowest BCUT2D eigenvalue weighted by atomic mass is 10.1. The number of carbonyl (C=O) groups is 1. The van der Waals surface area contributed by atoms with E-state index in [9.17, 15) is 17.6 Å². The van der Waals surface area contributed by atoms with Crippen LogP contribution in [0.1, 0.15) is 23.2 Å². The molecule has 0 saturated carbocycles. The maximum atomic E-state index is 13.4. The van der Waals surface area contributed by atoms with Gasteiger partial charge in [0.05, 0.1) is 16.6 Å². The summed E-state index contributed by atoms with van der Waals surface area (Å²) in [6, 6.07) is 3.69. The molecule has 1 aliphatic heterocycles. The fourth-order valence-corrected chi connectivity index (χ4v) is 3.87. The molecule has 1 aromatic carbocycles. The topological polar surface area (TPSA) is 89.3 Å². The minimum absolute atomic E-state index is 0.00933. The van der Waals surface area contributed by atoms with E-state index in [1.54, 1.807) is 0 Å². The van der Waals surface area contributed by atoms with Crippen LogP contribution >= 0.6 is 0 Å². The number of nitrogen functional groups attached to an aromatic ring is 1. The summed E-state index contributed by atoms with van der Waals surface area (Å²) in [5.41, 5.74) is 5.59. The number of nitrogens with two attached hydrogens (primary N) is 1. The number of amides is 1. The molecule has 1 fully saturated rings. The third-order valence-electron chi connectivity index (χ3n) is 3.19. The van der Waals surface area contributed by atoms with Gasteiger partial charge in [0, 0.05) is 12.2 Å². The molecule has 2 rings (SSSR count). The van der Waals surface area contributed by atoms with Crippen molar-refractivity contribution < 1.29 is 17.6 Å². The van der Waals surface area contributed by atoms with Crippen molar-refractivity contribution in [2.24, 2.45) is 0 Å². The van der Waals surface area contributed by atoms with Crippen LogP contribution in [0.15, 0.2) is 18.2 Å². The summed E-state index contributed by atoms with van der Waals surface area (Å²) in [7, 11) is -3.12. The number of anilines is 1. The average molecular weight is 286 g/mol. The number of nitrogens with one attached hydrogen (secondary N) is 1. The molecule has 0 aromatic heterocycles. The van der Waals surface area contributed by atoms with Gasteiger partial charge in [-0.25, -0.2) is 12.8 Å². The standard InChI is InChI=1S/C12H15FN2O3S/c13-11-4-3-8(14)6-10(11)12(16)15-7-9-2-1-5-19(9,17)18/h3-4,6,9H,1-2,5,7,14H2,(H,15,16). The zero-order valence-electron chi connectivity index (χ0n) is 10.2. The van der Waals surface area contributed by atoms with E-state index in [1.165, 1.54) is 12.1 Å². The van der Waals surface area contributed by atoms with Crippen molar-refractivity contribution in [2.45, 2.75) is 18.1 Å². The molecule has 19 heavy (non-hydrogen) atoms. The molecular formula is C12H15FN2O3S. The van der Waals surface area contributed by atoms with E-state index in [-0.39, 0.29) is 23.5 Å². The second kappa shape index (κ2) is 5.16. The van der Waals surface area contributed by atoms with Gasteiger partial charge in [-0.1, -0.05) is 0 Å². The molecule has 1 amide bonds. The highest BCUT2D eigenvalue weighted by atomic mass is 32.2. The summed E-state index contributed by atoms with van der Waals surface area (Å²) in [6.07, 6.45) is 1.14. The summed E-state index contributed by atoms with van der Waals surface area (Å²) in [5, 5.41) is 1.88. The predicted octanol–water partition coefficient (Wildman–Crippen LogP) is 0.715. The molecule has 7 heteroatoms. The van der Waals surface area contributed by atoms with E-state index >= 15 is 0 Å². The number of hydrogen-bond donors (Lipinski definition) is 2. The lowest BCUT2D eigenvalue weighted by Crippen LogP contribution is -2.35. The highest BCUT2D eigenvalue weighted by Gasteiger charge is 2.31. The van der Waals surface area contributed by atoms with Crippen LogP contribution < -0.4 is 11.1 Å². The largest absolute Gasteiger partial charge is 0.399 e. The second-order valence-electron chi connectivity index (χ2n) is 4.58. The van der Waals surface area contributed by atoms with Gasteiger partial charge in [-0.15, -0.1) is 0 Å². The average Bonchev–Trinajstić information content (AvgIpc) is 2.68. The van der Waals surface area contributed by atoms with Crippen LogP contribution in [0.5, 0.6) is 0 Å². The molecule has 0 aliphatic carbocycles. The zero-order valence-corrected chi connectivity index (χ0v) is 11.0. The minimum atomic E-state index is -3.12. The van der Waals surface area contributed by atoms with Crippen molar-refractivity contribution in [2.75, 3.05) is 18.0 Å². The van der Waals surface area contributed by atoms with Crippen LogP contribution in [-0.4, -0.2) is 31.9 Å². The predicted molar refractivity (Wildman–Crippen MR) is 70.0 cm³/mol. The van der Waals surface area contributed by atoms with Crippen LogP contribution in [-0.2, 0) is 9.84 Å². The van der Waals surface area contributed by atoms with Gasteiger partial charge in [-0.2, -0.15) is 0 Å². The summed E-state index contributed by atoms with van der Waals surface area (Å²) < 4.78 is 36.6. The van der Waals surface area contributed by atoms with Gasteiger partial charge in [0.25, 0.3) is 5.91 Å². The van der Waals surface area contributed by atoms with Crippen LogP contribution in [0.3, 0.4) is 0 Å². The smallest absolute Gasteiger partial charge is 0.254 e. The van der Waals surface area contributed by atoms with Crippen molar-refractivity contribution in [3.05, 3.63) is 29.6 Å². The van der Waals surface area contributed by atoms with Gasteiger partial charge in [0.2, 0.25) is 0 Å². The van der Waals surface area contributed by atoms with Crippen LogP contribution in [0.4, 0.5) is 10.1 Å². The maximum Gasteiger partial charge on any atom is 0.254 e. The monoisotopic (exact) mass is 286 g/mol. The van der Waals surface area contributed by atoms with E-state index in [2.05, 4.69) is 5.32 Å². The van der Waals surface area contributed by atoms with Gasteiger partial charge in [-0.05, 0) is 31.0 Å². The molecule has 0 spiro atoms. The minimum Gasteiger partial charge on any atom is -0.399 e. The maximum absolute atomic E-state index is 13.4. The first-order chi connectivity index (χ1) is 8.90. The first-order valence-electron chi connectivity index (χ1n) is 5.95. The molecule has 1 aromatic rings. The normalized spacial score (nSPS) is 21.2. The first-order valence-corrected chi connectivity index (χ1v) is 7.66. The Balaban J connectivity index is 2.04. The number of halogens is 1. The molecule has 5 nitrogen and oxygen atoms in total. The Hall–Kier alpha value is -1.63. The van der Waals surface area contributed by atoms with Gasteiger partial charge in [-0.3, -0.25) is 4.79 Å². The van der Waals surface area contributed by atoms with Crippen molar-refractivity contribution in [3.8, 4) is 0 Å². The zero-order chi connectivity index (χ0) is 14.0. The number of benzene rings is 1. The van der Waals surface area contributed by atoms with Gasteiger partial charge in [0.1, 0.15) is 5.82 Å². The number of rotatable bonds is 3. The third kappa shape index (κ3) is 3.04.